The van der Waals surface area contributed by atoms with Crippen LogP contribution in [0.5, 0.6) is 0 Å². The van der Waals surface area contributed by atoms with Crippen molar-refractivity contribution in [3.63, 3.8) is 0 Å². The number of benzene rings is 2. The van der Waals surface area contributed by atoms with E-state index in [0.717, 1.165) is 16.8 Å². The van der Waals surface area contributed by atoms with E-state index in [1.807, 2.05) is 48.5 Å². The second-order valence-electron chi connectivity index (χ2n) is 6.20. The number of nitrogens with two attached hydrogens (primary N) is 2. The van der Waals surface area contributed by atoms with Crippen LogP contribution in [0.25, 0.3) is 22.3 Å². The quantitative estimate of drug-likeness (QED) is 0.585. The monoisotopic (exact) mass is 355 g/mol. The van der Waals surface area contributed by atoms with Gasteiger partial charge in [0.05, 0.1) is 16.9 Å². The summed E-state index contributed by atoms with van der Waals surface area (Å²) in [6, 6.07) is 20.8. The van der Waals surface area contributed by atoms with Crippen molar-refractivity contribution in [3.05, 3.63) is 83.6 Å². The number of hydrogen-bond donors (Lipinski definition) is 2. The molecule has 0 aliphatic carbocycles. The summed E-state index contributed by atoms with van der Waals surface area (Å²) in [6.07, 6.45) is 0.599. The van der Waals surface area contributed by atoms with Crippen LogP contribution in [0.4, 0.5) is 5.95 Å². The number of carbonyl (C=O) groups is 1. The summed E-state index contributed by atoms with van der Waals surface area (Å²) in [6.45, 7) is 0. The van der Waals surface area contributed by atoms with Crippen molar-refractivity contribution < 1.29 is 4.79 Å². The second kappa shape index (κ2) is 6.84. The molecule has 4 aromatic rings. The maximum Gasteiger partial charge on any atom is 0.248 e. The van der Waals surface area contributed by atoms with E-state index in [4.69, 9.17) is 16.5 Å². The van der Waals surface area contributed by atoms with E-state index in [2.05, 4.69) is 9.97 Å². The van der Waals surface area contributed by atoms with Gasteiger partial charge in [-0.25, -0.2) is 15.0 Å². The molecule has 0 saturated carbocycles. The fourth-order valence-corrected chi connectivity index (χ4v) is 3.00. The summed E-state index contributed by atoms with van der Waals surface area (Å²) in [7, 11) is 0. The first kappa shape index (κ1) is 16.7. The van der Waals surface area contributed by atoms with Gasteiger partial charge in [0.15, 0.2) is 0 Å². The molecular formula is C21H17N5O. The van der Waals surface area contributed by atoms with Crippen LogP contribution in [0.15, 0.2) is 66.7 Å². The average molecular weight is 355 g/mol. The van der Waals surface area contributed by atoms with E-state index >= 15 is 0 Å². The smallest absolute Gasteiger partial charge is 0.248 e. The fraction of sp³-hybridized carbons (Fsp3) is 0.0476. The standard InChI is InChI=1S/C21H17N5O/c22-20(27)15-8-4-7-14(12-15)16-9-10-17-19(24-16)18(26-21(23)25-17)11-13-5-2-1-3-6-13/h1-10,12H,11H2,(H2,22,27)(H2,23,25,26). The molecule has 4 rings (SSSR count). The van der Waals surface area contributed by atoms with Gasteiger partial charge in [-0.05, 0) is 29.8 Å². The highest BCUT2D eigenvalue weighted by Gasteiger charge is 2.11. The number of hydrogen-bond acceptors (Lipinski definition) is 5. The molecule has 1 amide bonds. The topological polar surface area (TPSA) is 108 Å². The molecule has 0 bridgehead atoms. The molecule has 132 valence electrons. The Morgan fingerprint density at radius 1 is 0.889 bits per heavy atom. The first-order valence-electron chi connectivity index (χ1n) is 8.47. The number of nitrogens with zero attached hydrogens (tertiary/aromatic N) is 3. The molecule has 0 atom stereocenters. The minimum absolute atomic E-state index is 0.221. The van der Waals surface area contributed by atoms with Crippen molar-refractivity contribution in [2.75, 3.05) is 5.73 Å². The van der Waals surface area contributed by atoms with Crippen molar-refractivity contribution in [2.45, 2.75) is 6.42 Å². The first-order chi connectivity index (χ1) is 13.1. The third-order valence-corrected chi connectivity index (χ3v) is 4.29. The SMILES string of the molecule is NC(=O)c1cccc(-c2ccc3nc(N)nc(Cc4ccccc4)c3n2)c1. The number of aromatic nitrogens is 3. The number of anilines is 1. The van der Waals surface area contributed by atoms with Crippen molar-refractivity contribution in [1.82, 2.24) is 15.0 Å². The van der Waals surface area contributed by atoms with Gasteiger partial charge < -0.3 is 11.5 Å². The molecule has 0 fully saturated rings. The largest absolute Gasteiger partial charge is 0.368 e. The molecule has 2 aromatic heterocycles. The third-order valence-electron chi connectivity index (χ3n) is 4.29. The van der Waals surface area contributed by atoms with Crippen LogP contribution in [0.1, 0.15) is 21.6 Å². The minimum atomic E-state index is -0.474. The Hall–Kier alpha value is -3.80. The highest BCUT2D eigenvalue weighted by atomic mass is 16.1. The van der Waals surface area contributed by atoms with Gasteiger partial charge in [-0.15, -0.1) is 0 Å². The van der Waals surface area contributed by atoms with Gasteiger partial charge in [0, 0.05) is 17.5 Å². The zero-order chi connectivity index (χ0) is 18.8. The predicted octanol–water partition coefficient (Wildman–Crippen LogP) is 2.96. The van der Waals surface area contributed by atoms with Crippen LogP contribution in [-0.4, -0.2) is 20.9 Å². The summed E-state index contributed by atoms with van der Waals surface area (Å²) in [5, 5.41) is 0. The van der Waals surface area contributed by atoms with Gasteiger partial charge in [0.25, 0.3) is 0 Å². The molecule has 0 unspecified atom stereocenters. The lowest BCUT2D eigenvalue weighted by molar-refractivity contribution is 0.100. The normalized spacial score (nSPS) is 10.8. The first-order valence-corrected chi connectivity index (χ1v) is 8.47. The molecule has 0 aliphatic heterocycles. The lowest BCUT2D eigenvalue weighted by Gasteiger charge is -2.09. The Morgan fingerprint density at radius 2 is 1.70 bits per heavy atom. The molecule has 6 heteroatoms. The van der Waals surface area contributed by atoms with Gasteiger partial charge in [-0.3, -0.25) is 4.79 Å². The molecular weight excluding hydrogens is 338 g/mol. The molecule has 6 nitrogen and oxygen atoms in total. The van der Waals surface area contributed by atoms with E-state index in [1.165, 1.54) is 0 Å². The lowest BCUT2D eigenvalue weighted by Crippen LogP contribution is -2.10. The van der Waals surface area contributed by atoms with E-state index < -0.39 is 5.91 Å². The average Bonchev–Trinajstić information content (AvgIpc) is 2.68. The number of carbonyl (C=O) groups excluding carboxylic acids is 1. The molecule has 0 radical (unpaired) electrons. The third kappa shape index (κ3) is 3.46. The van der Waals surface area contributed by atoms with Crippen LogP contribution in [0.2, 0.25) is 0 Å². The molecule has 2 aromatic carbocycles. The van der Waals surface area contributed by atoms with Gasteiger partial charge >= 0.3 is 0 Å². The van der Waals surface area contributed by atoms with Crippen LogP contribution >= 0.6 is 0 Å². The Balaban J connectivity index is 1.83. The Kier molecular flexibility index (Phi) is 4.22. The second-order valence-corrected chi connectivity index (χ2v) is 6.20. The Labute approximate surface area is 155 Å². The molecule has 0 spiro atoms. The number of rotatable bonds is 4. The van der Waals surface area contributed by atoms with Crippen LogP contribution < -0.4 is 11.5 Å². The fourth-order valence-electron chi connectivity index (χ4n) is 3.00. The Bertz CT molecular complexity index is 1140. The molecule has 0 saturated heterocycles. The number of fused-ring (bicyclic) bond motifs is 1. The number of nitrogen functional groups attached to an aromatic ring is 1. The predicted molar refractivity (Wildman–Crippen MR) is 105 cm³/mol. The van der Waals surface area contributed by atoms with E-state index in [-0.39, 0.29) is 5.95 Å². The van der Waals surface area contributed by atoms with Crippen molar-refractivity contribution in [1.29, 1.82) is 0 Å². The van der Waals surface area contributed by atoms with Gasteiger partial charge in [-0.2, -0.15) is 0 Å². The Morgan fingerprint density at radius 3 is 2.48 bits per heavy atom. The van der Waals surface area contributed by atoms with Crippen LogP contribution in [0.3, 0.4) is 0 Å². The maximum atomic E-state index is 11.5. The van der Waals surface area contributed by atoms with Crippen LogP contribution in [-0.2, 0) is 6.42 Å². The van der Waals surface area contributed by atoms with E-state index in [9.17, 15) is 4.79 Å². The zero-order valence-corrected chi connectivity index (χ0v) is 14.5. The van der Waals surface area contributed by atoms with Crippen molar-refractivity contribution in [3.8, 4) is 11.3 Å². The maximum absolute atomic E-state index is 11.5. The van der Waals surface area contributed by atoms with E-state index in [0.29, 0.717) is 28.7 Å². The minimum Gasteiger partial charge on any atom is -0.368 e. The molecule has 27 heavy (non-hydrogen) atoms. The van der Waals surface area contributed by atoms with Crippen molar-refractivity contribution >= 4 is 22.9 Å². The summed E-state index contributed by atoms with van der Waals surface area (Å²) in [4.78, 5) is 24.9. The highest BCUT2D eigenvalue weighted by Crippen LogP contribution is 2.24. The molecule has 0 aliphatic rings. The zero-order valence-electron chi connectivity index (χ0n) is 14.5. The summed E-state index contributed by atoms with van der Waals surface area (Å²) in [5.41, 5.74) is 16.5. The van der Waals surface area contributed by atoms with E-state index in [1.54, 1.807) is 18.2 Å². The van der Waals surface area contributed by atoms with Gasteiger partial charge in [-0.1, -0.05) is 42.5 Å². The van der Waals surface area contributed by atoms with Gasteiger partial charge in [0.2, 0.25) is 11.9 Å². The van der Waals surface area contributed by atoms with Crippen molar-refractivity contribution in [2.24, 2.45) is 5.73 Å². The molecule has 4 N–H and O–H groups in total. The summed E-state index contributed by atoms with van der Waals surface area (Å²) in [5.74, 6) is -0.253. The summed E-state index contributed by atoms with van der Waals surface area (Å²) >= 11 is 0. The summed E-state index contributed by atoms with van der Waals surface area (Å²) < 4.78 is 0. The van der Waals surface area contributed by atoms with Crippen LogP contribution in [0, 0.1) is 0 Å². The number of pyridine rings is 1. The highest BCUT2D eigenvalue weighted by molar-refractivity contribution is 5.94. The number of primary amides is 1. The molecule has 2 heterocycles. The van der Waals surface area contributed by atoms with Gasteiger partial charge in [0.1, 0.15) is 5.52 Å². The lowest BCUT2D eigenvalue weighted by atomic mass is 10.1. The number of amides is 1.